The monoisotopic (exact) mass is 281 g/mol. The number of hydrogen-bond acceptors (Lipinski definition) is 2. The maximum absolute atomic E-state index is 5.96. The van der Waals surface area contributed by atoms with Crippen molar-refractivity contribution in [1.82, 2.24) is 10.6 Å². The van der Waals surface area contributed by atoms with E-state index in [1.807, 2.05) is 7.05 Å². The molecule has 116 valence electrons. The predicted octanol–water partition coefficient (Wildman–Crippen LogP) is 2.69. The van der Waals surface area contributed by atoms with Crippen molar-refractivity contribution in [1.29, 1.82) is 0 Å². The molecule has 0 heterocycles. The summed E-state index contributed by atoms with van der Waals surface area (Å²) in [6.07, 6.45) is 7.98. The van der Waals surface area contributed by atoms with Crippen molar-refractivity contribution in [2.45, 2.75) is 77.5 Å². The van der Waals surface area contributed by atoms with E-state index in [4.69, 9.17) is 4.74 Å². The van der Waals surface area contributed by atoms with Crippen LogP contribution in [0.2, 0.25) is 0 Å². The standard InChI is InChI=1S/C16H31N3O/c1-5-12(3)18-15(17-4)19-13-11-14(20-6-2)16(13)9-7-8-10-16/h12-14H,5-11H2,1-4H3,(H2,17,18,19). The maximum atomic E-state index is 5.96. The summed E-state index contributed by atoms with van der Waals surface area (Å²) < 4.78 is 5.96. The van der Waals surface area contributed by atoms with Crippen LogP contribution in [-0.2, 0) is 4.74 Å². The normalized spacial score (nSPS) is 30.1. The van der Waals surface area contributed by atoms with Gasteiger partial charge in [0.2, 0.25) is 0 Å². The van der Waals surface area contributed by atoms with E-state index in [9.17, 15) is 0 Å². The van der Waals surface area contributed by atoms with Gasteiger partial charge in [-0.3, -0.25) is 4.99 Å². The molecule has 0 bridgehead atoms. The summed E-state index contributed by atoms with van der Waals surface area (Å²) in [7, 11) is 1.86. The van der Waals surface area contributed by atoms with Crippen LogP contribution < -0.4 is 10.6 Å². The van der Waals surface area contributed by atoms with E-state index in [1.165, 1.54) is 25.7 Å². The average molecular weight is 281 g/mol. The van der Waals surface area contributed by atoms with Crippen molar-refractivity contribution < 1.29 is 4.74 Å². The Morgan fingerprint density at radius 1 is 1.35 bits per heavy atom. The molecule has 0 amide bonds. The quantitative estimate of drug-likeness (QED) is 0.601. The minimum Gasteiger partial charge on any atom is -0.378 e. The Morgan fingerprint density at radius 3 is 2.60 bits per heavy atom. The van der Waals surface area contributed by atoms with Gasteiger partial charge in [-0.15, -0.1) is 0 Å². The van der Waals surface area contributed by atoms with Gasteiger partial charge in [0.25, 0.3) is 0 Å². The van der Waals surface area contributed by atoms with Crippen molar-refractivity contribution in [3.63, 3.8) is 0 Å². The van der Waals surface area contributed by atoms with E-state index >= 15 is 0 Å². The molecule has 2 saturated carbocycles. The van der Waals surface area contributed by atoms with Crippen LogP contribution in [0.15, 0.2) is 4.99 Å². The zero-order valence-corrected chi connectivity index (χ0v) is 13.5. The van der Waals surface area contributed by atoms with E-state index < -0.39 is 0 Å². The van der Waals surface area contributed by atoms with Crippen LogP contribution >= 0.6 is 0 Å². The molecule has 1 spiro atoms. The molecule has 4 nitrogen and oxygen atoms in total. The lowest BCUT2D eigenvalue weighted by molar-refractivity contribution is -0.125. The van der Waals surface area contributed by atoms with Gasteiger partial charge in [-0.05, 0) is 39.5 Å². The van der Waals surface area contributed by atoms with Crippen LogP contribution in [0, 0.1) is 5.41 Å². The Kier molecular flexibility index (Phi) is 5.30. The summed E-state index contributed by atoms with van der Waals surface area (Å²) in [5.41, 5.74) is 0.364. The SMILES string of the molecule is CCOC1CC(NC(=NC)NC(C)CC)C12CCCC2. The maximum Gasteiger partial charge on any atom is 0.191 e. The zero-order chi connectivity index (χ0) is 14.6. The Labute approximate surface area is 123 Å². The van der Waals surface area contributed by atoms with Crippen LogP contribution in [0.25, 0.3) is 0 Å². The summed E-state index contributed by atoms with van der Waals surface area (Å²) in [5.74, 6) is 0.950. The second-order valence-electron chi connectivity index (χ2n) is 6.34. The summed E-state index contributed by atoms with van der Waals surface area (Å²) >= 11 is 0. The zero-order valence-electron chi connectivity index (χ0n) is 13.5. The lowest BCUT2D eigenvalue weighted by Gasteiger charge is -2.54. The minimum atomic E-state index is 0.364. The van der Waals surface area contributed by atoms with E-state index in [-0.39, 0.29) is 0 Å². The Hall–Kier alpha value is -0.770. The van der Waals surface area contributed by atoms with Gasteiger partial charge in [0.1, 0.15) is 0 Å². The van der Waals surface area contributed by atoms with Gasteiger partial charge in [-0.2, -0.15) is 0 Å². The first kappa shape index (κ1) is 15.6. The lowest BCUT2D eigenvalue weighted by Crippen LogP contribution is -2.65. The molecule has 0 aromatic carbocycles. The highest BCUT2D eigenvalue weighted by atomic mass is 16.5. The van der Waals surface area contributed by atoms with E-state index in [0.717, 1.165) is 25.4 Å². The molecule has 2 aliphatic carbocycles. The molecule has 0 aromatic rings. The highest BCUT2D eigenvalue weighted by Crippen LogP contribution is 2.54. The van der Waals surface area contributed by atoms with Crippen molar-refractivity contribution in [2.75, 3.05) is 13.7 Å². The Morgan fingerprint density at radius 2 is 2.05 bits per heavy atom. The van der Waals surface area contributed by atoms with Gasteiger partial charge < -0.3 is 15.4 Å². The largest absolute Gasteiger partial charge is 0.378 e. The molecule has 4 heteroatoms. The first-order chi connectivity index (χ1) is 9.66. The van der Waals surface area contributed by atoms with Gasteiger partial charge in [-0.25, -0.2) is 0 Å². The highest BCUT2D eigenvalue weighted by molar-refractivity contribution is 5.80. The van der Waals surface area contributed by atoms with Gasteiger partial charge in [-0.1, -0.05) is 19.8 Å². The van der Waals surface area contributed by atoms with Crippen LogP contribution in [0.1, 0.15) is 59.3 Å². The van der Waals surface area contributed by atoms with Crippen LogP contribution in [0.4, 0.5) is 0 Å². The number of ether oxygens (including phenoxy) is 1. The first-order valence-corrected chi connectivity index (χ1v) is 8.27. The third-order valence-corrected chi connectivity index (χ3v) is 5.22. The molecule has 2 aliphatic rings. The molecule has 3 unspecified atom stereocenters. The fourth-order valence-electron chi connectivity index (χ4n) is 3.76. The molecule has 3 atom stereocenters. The van der Waals surface area contributed by atoms with Gasteiger partial charge in [0.15, 0.2) is 5.96 Å². The summed E-state index contributed by atoms with van der Waals surface area (Å²) in [4.78, 5) is 4.38. The van der Waals surface area contributed by atoms with E-state index in [1.54, 1.807) is 0 Å². The molecule has 0 aromatic heterocycles. The number of rotatable bonds is 5. The van der Waals surface area contributed by atoms with Gasteiger partial charge in [0, 0.05) is 31.2 Å². The summed E-state index contributed by atoms with van der Waals surface area (Å²) in [6.45, 7) is 7.33. The van der Waals surface area contributed by atoms with Crippen LogP contribution in [-0.4, -0.2) is 37.8 Å². The number of hydrogen-bond donors (Lipinski definition) is 2. The number of nitrogens with one attached hydrogen (secondary N) is 2. The number of nitrogens with zero attached hydrogens (tertiary/aromatic N) is 1. The Balaban J connectivity index is 1.95. The van der Waals surface area contributed by atoms with E-state index in [2.05, 4.69) is 36.4 Å². The van der Waals surface area contributed by atoms with Crippen molar-refractivity contribution in [3.8, 4) is 0 Å². The minimum absolute atomic E-state index is 0.364. The molecular weight excluding hydrogens is 250 g/mol. The smallest absolute Gasteiger partial charge is 0.191 e. The molecule has 0 radical (unpaired) electrons. The van der Waals surface area contributed by atoms with Crippen LogP contribution in [0.3, 0.4) is 0 Å². The molecule has 2 N–H and O–H groups in total. The molecule has 0 aliphatic heterocycles. The molecule has 20 heavy (non-hydrogen) atoms. The lowest BCUT2D eigenvalue weighted by atomic mass is 9.60. The van der Waals surface area contributed by atoms with E-state index in [0.29, 0.717) is 23.6 Å². The average Bonchev–Trinajstić information content (AvgIpc) is 2.97. The fourth-order valence-corrected chi connectivity index (χ4v) is 3.76. The third-order valence-electron chi connectivity index (χ3n) is 5.22. The first-order valence-electron chi connectivity index (χ1n) is 8.27. The van der Waals surface area contributed by atoms with Crippen LogP contribution in [0.5, 0.6) is 0 Å². The van der Waals surface area contributed by atoms with Gasteiger partial charge in [0.05, 0.1) is 6.10 Å². The summed E-state index contributed by atoms with van der Waals surface area (Å²) in [5, 5.41) is 7.12. The van der Waals surface area contributed by atoms with Crippen molar-refractivity contribution >= 4 is 5.96 Å². The Bertz CT molecular complexity index is 337. The summed E-state index contributed by atoms with van der Waals surface area (Å²) in [6, 6.07) is 0.986. The topological polar surface area (TPSA) is 45.6 Å². The van der Waals surface area contributed by atoms with Crippen molar-refractivity contribution in [2.24, 2.45) is 10.4 Å². The highest BCUT2D eigenvalue weighted by Gasteiger charge is 2.56. The number of aliphatic imine (C=N–C) groups is 1. The third kappa shape index (κ3) is 2.95. The molecule has 2 fully saturated rings. The number of guanidine groups is 1. The fraction of sp³-hybridized carbons (Fsp3) is 0.938. The van der Waals surface area contributed by atoms with Gasteiger partial charge >= 0.3 is 0 Å². The molecule has 0 saturated heterocycles. The second kappa shape index (κ2) is 6.79. The van der Waals surface area contributed by atoms with Crippen molar-refractivity contribution in [3.05, 3.63) is 0 Å². The predicted molar refractivity (Wildman–Crippen MR) is 84.1 cm³/mol. The molecular formula is C16H31N3O. The second-order valence-corrected chi connectivity index (χ2v) is 6.34. The molecule has 2 rings (SSSR count).